The molecule has 0 spiro atoms. The average molecular weight is 447 g/mol. The maximum atomic E-state index is 13.2. The predicted molar refractivity (Wildman–Crippen MR) is 133 cm³/mol. The van der Waals surface area contributed by atoms with Crippen molar-refractivity contribution in [1.29, 1.82) is 0 Å². The minimum absolute atomic E-state index is 0.0532. The Morgan fingerprint density at radius 2 is 1.70 bits per heavy atom. The Balaban J connectivity index is 1.68. The van der Waals surface area contributed by atoms with E-state index in [1.165, 1.54) is 0 Å². The van der Waals surface area contributed by atoms with Crippen LogP contribution in [-0.2, 0) is 16.1 Å². The van der Waals surface area contributed by atoms with Crippen LogP contribution in [0.2, 0.25) is 0 Å². The van der Waals surface area contributed by atoms with Crippen molar-refractivity contribution in [3.63, 3.8) is 0 Å². The van der Waals surface area contributed by atoms with Gasteiger partial charge in [0.2, 0.25) is 11.8 Å². The second kappa shape index (κ2) is 9.77. The Morgan fingerprint density at radius 3 is 2.36 bits per heavy atom. The number of hydrogen-bond acceptors (Lipinski definition) is 3. The lowest BCUT2D eigenvalue weighted by atomic mass is 10.1. The Labute approximate surface area is 196 Å². The minimum atomic E-state index is -0.0532. The molecule has 3 aromatic rings. The summed E-state index contributed by atoms with van der Waals surface area (Å²) in [4.78, 5) is 35.1. The molecule has 33 heavy (non-hydrogen) atoms. The number of fused-ring (bicyclic) bond motifs is 1. The van der Waals surface area contributed by atoms with Gasteiger partial charge in [-0.2, -0.15) is 0 Å². The summed E-state index contributed by atoms with van der Waals surface area (Å²) in [5, 5.41) is 0. The monoisotopic (exact) mass is 446 g/mol. The van der Waals surface area contributed by atoms with Crippen molar-refractivity contribution in [2.75, 3.05) is 24.5 Å². The van der Waals surface area contributed by atoms with E-state index in [-0.39, 0.29) is 24.3 Å². The van der Waals surface area contributed by atoms with Gasteiger partial charge in [-0.3, -0.25) is 9.59 Å². The lowest BCUT2D eigenvalue weighted by Gasteiger charge is -2.23. The van der Waals surface area contributed by atoms with E-state index in [0.29, 0.717) is 13.0 Å². The molecule has 1 atom stereocenters. The van der Waals surface area contributed by atoms with E-state index >= 15 is 0 Å². The maximum Gasteiger partial charge on any atom is 0.242 e. The SMILES string of the molecule is CCCN(CCC)C(=O)Cn1c([C@@H]2CC(=O)N(c3c(C)cccc3C)C2)nc2ccccc21. The zero-order chi connectivity index (χ0) is 23.5. The number of imidazole rings is 1. The van der Waals surface area contributed by atoms with E-state index in [1.807, 2.05) is 70.7 Å². The first-order chi connectivity index (χ1) is 15.9. The highest BCUT2D eigenvalue weighted by molar-refractivity contribution is 5.98. The third kappa shape index (κ3) is 4.52. The van der Waals surface area contributed by atoms with Gasteiger partial charge in [0.05, 0.1) is 11.0 Å². The highest BCUT2D eigenvalue weighted by Gasteiger charge is 2.36. The number of carbonyl (C=O) groups excluding carboxylic acids is 2. The first-order valence-corrected chi connectivity index (χ1v) is 12.0. The molecule has 6 heteroatoms. The molecule has 0 N–H and O–H groups in total. The zero-order valence-electron chi connectivity index (χ0n) is 20.2. The minimum Gasteiger partial charge on any atom is -0.341 e. The van der Waals surface area contributed by atoms with Gasteiger partial charge in [-0.15, -0.1) is 0 Å². The second-order valence-corrected chi connectivity index (χ2v) is 9.07. The van der Waals surface area contributed by atoms with E-state index in [9.17, 15) is 9.59 Å². The number of amides is 2. The van der Waals surface area contributed by atoms with Crippen molar-refractivity contribution < 1.29 is 9.59 Å². The van der Waals surface area contributed by atoms with Crippen molar-refractivity contribution in [2.24, 2.45) is 0 Å². The lowest BCUT2D eigenvalue weighted by molar-refractivity contribution is -0.131. The van der Waals surface area contributed by atoms with Crippen molar-refractivity contribution in [1.82, 2.24) is 14.5 Å². The molecule has 1 saturated heterocycles. The van der Waals surface area contributed by atoms with Crippen LogP contribution in [0.5, 0.6) is 0 Å². The van der Waals surface area contributed by atoms with E-state index in [0.717, 1.165) is 59.6 Å². The van der Waals surface area contributed by atoms with E-state index in [4.69, 9.17) is 4.98 Å². The molecule has 0 unspecified atom stereocenters. The standard InChI is InChI=1S/C27H34N4O2/c1-5-14-29(15-6-2)25(33)18-30-23-13-8-7-12-22(23)28-27(30)21-16-24(32)31(17-21)26-19(3)10-9-11-20(26)4/h7-13,21H,5-6,14-18H2,1-4H3/t21-/m1/s1. The van der Waals surface area contributed by atoms with Crippen LogP contribution in [-0.4, -0.2) is 45.9 Å². The highest BCUT2D eigenvalue weighted by Crippen LogP contribution is 2.36. The molecule has 0 aliphatic carbocycles. The van der Waals surface area contributed by atoms with Crippen molar-refractivity contribution in [3.8, 4) is 0 Å². The van der Waals surface area contributed by atoms with Crippen LogP contribution >= 0.6 is 0 Å². The highest BCUT2D eigenvalue weighted by atomic mass is 16.2. The van der Waals surface area contributed by atoms with Gasteiger partial charge in [0.25, 0.3) is 0 Å². The molecule has 1 aliphatic heterocycles. The molecule has 174 valence electrons. The zero-order valence-corrected chi connectivity index (χ0v) is 20.2. The van der Waals surface area contributed by atoms with Gasteiger partial charge < -0.3 is 14.4 Å². The molecule has 2 heterocycles. The van der Waals surface area contributed by atoms with Gasteiger partial charge in [-0.05, 0) is 49.9 Å². The van der Waals surface area contributed by atoms with Gasteiger partial charge in [0, 0.05) is 37.7 Å². The first kappa shape index (κ1) is 23.0. The second-order valence-electron chi connectivity index (χ2n) is 9.07. The third-order valence-electron chi connectivity index (χ3n) is 6.52. The van der Waals surface area contributed by atoms with Crippen molar-refractivity contribution >= 4 is 28.5 Å². The molecule has 1 fully saturated rings. The fourth-order valence-electron chi connectivity index (χ4n) is 5.04. The quantitative estimate of drug-likeness (QED) is 0.498. The molecule has 0 saturated carbocycles. The Kier molecular flexibility index (Phi) is 6.82. The van der Waals surface area contributed by atoms with Gasteiger partial charge in [-0.25, -0.2) is 4.98 Å². The van der Waals surface area contributed by atoms with Crippen LogP contribution in [0.4, 0.5) is 5.69 Å². The maximum absolute atomic E-state index is 13.2. The number of aryl methyl sites for hydroxylation is 2. The lowest BCUT2D eigenvalue weighted by Crippen LogP contribution is -2.35. The summed E-state index contributed by atoms with van der Waals surface area (Å²) in [7, 11) is 0. The first-order valence-electron chi connectivity index (χ1n) is 12.0. The van der Waals surface area contributed by atoms with Gasteiger partial charge >= 0.3 is 0 Å². The summed E-state index contributed by atoms with van der Waals surface area (Å²) >= 11 is 0. The largest absolute Gasteiger partial charge is 0.341 e. The van der Waals surface area contributed by atoms with Crippen LogP contribution in [0.3, 0.4) is 0 Å². The number of nitrogens with zero attached hydrogens (tertiary/aromatic N) is 4. The summed E-state index contributed by atoms with van der Waals surface area (Å²) in [5.41, 5.74) is 5.02. The average Bonchev–Trinajstić information content (AvgIpc) is 3.34. The van der Waals surface area contributed by atoms with Gasteiger partial charge in [0.1, 0.15) is 12.4 Å². The van der Waals surface area contributed by atoms with Gasteiger partial charge in [0.15, 0.2) is 0 Å². The number of para-hydroxylation sites is 3. The van der Waals surface area contributed by atoms with Crippen LogP contribution in [0, 0.1) is 13.8 Å². The Morgan fingerprint density at radius 1 is 1.03 bits per heavy atom. The normalized spacial score (nSPS) is 16.1. The summed E-state index contributed by atoms with van der Waals surface area (Å²) in [5.74, 6) is 1.00. The molecular weight excluding hydrogens is 412 g/mol. The summed E-state index contributed by atoms with van der Waals surface area (Å²) in [6, 6.07) is 14.1. The number of carbonyl (C=O) groups is 2. The summed E-state index contributed by atoms with van der Waals surface area (Å²) in [6.07, 6.45) is 2.27. The predicted octanol–water partition coefficient (Wildman–Crippen LogP) is 4.82. The molecule has 0 bridgehead atoms. The van der Waals surface area contributed by atoms with E-state index < -0.39 is 0 Å². The van der Waals surface area contributed by atoms with Gasteiger partial charge in [-0.1, -0.05) is 44.2 Å². The molecule has 4 rings (SSSR count). The van der Waals surface area contributed by atoms with E-state index in [2.05, 4.69) is 13.8 Å². The number of benzene rings is 2. The summed E-state index contributed by atoms with van der Waals surface area (Å²) in [6.45, 7) is 10.6. The molecule has 2 amide bonds. The molecule has 1 aromatic heterocycles. The van der Waals surface area contributed by atoms with Crippen LogP contribution in [0.15, 0.2) is 42.5 Å². The summed E-state index contributed by atoms with van der Waals surface area (Å²) < 4.78 is 2.04. The third-order valence-corrected chi connectivity index (χ3v) is 6.52. The number of hydrogen-bond donors (Lipinski definition) is 0. The van der Waals surface area contributed by atoms with Crippen LogP contribution in [0.1, 0.15) is 56.0 Å². The number of rotatable bonds is 8. The smallest absolute Gasteiger partial charge is 0.242 e. The van der Waals surface area contributed by atoms with Crippen LogP contribution < -0.4 is 4.90 Å². The molecule has 0 radical (unpaired) electrons. The molecule has 1 aliphatic rings. The van der Waals surface area contributed by atoms with Crippen LogP contribution in [0.25, 0.3) is 11.0 Å². The van der Waals surface area contributed by atoms with E-state index in [1.54, 1.807) is 0 Å². The molecule has 2 aromatic carbocycles. The number of aromatic nitrogens is 2. The topological polar surface area (TPSA) is 58.4 Å². The fourth-order valence-corrected chi connectivity index (χ4v) is 5.04. The Hall–Kier alpha value is -3.15. The molecule has 6 nitrogen and oxygen atoms in total. The van der Waals surface area contributed by atoms with Crippen molar-refractivity contribution in [3.05, 3.63) is 59.4 Å². The fraction of sp³-hybridized carbons (Fsp3) is 0.444. The number of anilines is 1. The van der Waals surface area contributed by atoms with Crippen molar-refractivity contribution in [2.45, 2.75) is 59.4 Å². The Bertz CT molecular complexity index is 1140. The molecular formula is C27H34N4O2.